The van der Waals surface area contributed by atoms with Crippen molar-refractivity contribution in [1.82, 2.24) is 9.88 Å². The van der Waals surface area contributed by atoms with E-state index in [2.05, 4.69) is 9.72 Å². The molecule has 29 heavy (non-hydrogen) atoms. The van der Waals surface area contributed by atoms with Crippen LogP contribution in [0.5, 0.6) is 17.4 Å². The van der Waals surface area contributed by atoms with E-state index >= 15 is 0 Å². The molecule has 156 valence electrons. The Morgan fingerprint density at radius 2 is 1.93 bits per heavy atom. The normalized spacial score (nSPS) is 14.2. The summed E-state index contributed by atoms with van der Waals surface area (Å²) in [4.78, 5) is 17.7. The largest absolute Gasteiger partial charge is 0.467 e. The number of aryl methyl sites for hydroxylation is 1. The lowest BCUT2D eigenvalue weighted by atomic mass is 10.1. The fourth-order valence-corrected chi connectivity index (χ4v) is 3.09. The molecule has 1 saturated heterocycles. The number of carbonyl (C=O) groups is 1. The van der Waals surface area contributed by atoms with E-state index in [-0.39, 0.29) is 28.0 Å². The van der Waals surface area contributed by atoms with Crippen LogP contribution < -0.4 is 9.47 Å². The van der Waals surface area contributed by atoms with Crippen LogP contribution in [0.4, 0.5) is 17.6 Å². The Balaban J connectivity index is 1.75. The minimum absolute atomic E-state index is 0.0381. The number of pyridine rings is 1. The molecule has 0 unspecified atom stereocenters. The molecule has 1 aliphatic heterocycles. The van der Waals surface area contributed by atoms with Gasteiger partial charge in [0.1, 0.15) is 22.3 Å². The van der Waals surface area contributed by atoms with Gasteiger partial charge in [0.25, 0.3) is 5.91 Å². The van der Waals surface area contributed by atoms with Crippen molar-refractivity contribution >= 4 is 17.5 Å². The van der Waals surface area contributed by atoms with Gasteiger partial charge in [0, 0.05) is 25.2 Å². The van der Waals surface area contributed by atoms with Crippen molar-refractivity contribution in [3.8, 4) is 17.4 Å². The first-order valence-corrected chi connectivity index (χ1v) is 9.14. The highest BCUT2D eigenvalue weighted by Gasteiger charge is 2.29. The lowest BCUT2D eigenvalue weighted by molar-refractivity contribution is -0.154. The molecule has 3 rings (SSSR count). The molecule has 0 aliphatic carbocycles. The van der Waals surface area contributed by atoms with Gasteiger partial charge < -0.3 is 14.4 Å². The van der Waals surface area contributed by atoms with Gasteiger partial charge in [-0.1, -0.05) is 11.6 Å². The van der Waals surface area contributed by atoms with Gasteiger partial charge in [-0.05, 0) is 31.4 Å². The fourth-order valence-electron chi connectivity index (χ4n) is 2.87. The summed E-state index contributed by atoms with van der Waals surface area (Å²) in [6, 6.07) is 3.70. The summed E-state index contributed by atoms with van der Waals surface area (Å²) in [6.07, 6.45) is -1.63. The van der Waals surface area contributed by atoms with E-state index in [4.69, 9.17) is 16.3 Å². The number of hydrogen-bond acceptors (Lipinski definition) is 4. The second-order valence-electron chi connectivity index (χ2n) is 6.56. The number of carbonyl (C=O) groups excluding carboxylic acids is 1. The quantitative estimate of drug-likeness (QED) is 0.613. The molecule has 5 nitrogen and oxygen atoms in total. The Labute approximate surface area is 169 Å². The maximum absolute atomic E-state index is 14.5. The first kappa shape index (κ1) is 21.2. The average Bonchev–Trinajstić information content (AvgIpc) is 3.17. The Morgan fingerprint density at radius 3 is 2.55 bits per heavy atom. The molecule has 0 N–H and O–H groups in total. The Bertz CT molecular complexity index is 915. The number of halogens is 5. The summed E-state index contributed by atoms with van der Waals surface area (Å²) < 4.78 is 61.2. The summed E-state index contributed by atoms with van der Waals surface area (Å²) in [5, 5.41) is -0.189. The molecule has 2 aromatic rings. The molecule has 0 bridgehead atoms. The number of rotatable bonds is 5. The second kappa shape index (κ2) is 8.44. The van der Waals surface area contributed by atoms with Crippen molar-refractivity contribution in [2.45, 2.75) is 25.9 Å². The second-order valence-corrected chi connectivity index (χ2v) is 6.97. The van der Waals surface area contributed by atoms with Crippen LogP contribution in [-0.4, -0.2) is 41.7 Å². The van der Waals surface area contributed by atoms with Gasteiger partial charge >= 0.3 is 6.18 Å². The molecule has 10 heteroatoms. The number of benzene rings is 1. The van der Waals surface area contributed by atoms with Crippen molar-refractivity contribution in [1.29, 1.82) is 0 Å². The monoisotopic (exact) mass is 432 g/mol. The van der Waals surface area contributed by atoms with Gasteiger partial charge in [0.15, 0.2) is 6.61 Å². The highest BCUT2D eigenvalue weighted by molar-refractivity contribution is 6.31. The van der Waals surface area contributed by atoms with Gasteiger partial charge in [-0.2, -0.15) is 13.2 Å². The summed E-state index contributed by atoms with van der Waals surface area (Å²) in [5.41, 5.74) is 0.464. The minimum atomic E-state index is -4.52. The maximum Gasteiger partial charge on any atom is 0.422 e. The Hall–Kier alpha value is -2.55. The van der Waals surface area contributed by atoms with Gasteiger partial charge in [-0.3, -0.25) is 4.79 Å². The smallest absolute Gasteiger partial charge is 0.422 e. The van der Waals surface area contributed by atoms with Crippen molar-refractivity contribution < 1.29 is 31.8 Å². The number of aromatic nitrogens is 1. The molecule has 0 radical (unpaired) electrons. The molecule has 0 atom stereocenters. The first-order valence-electron chi connectivity index (χ1n) is 8.76. The predicted octanol–water partition coefficient (Wildman–Crippen LogP) is 5.15. The van der Waals surface area contributed by atoms with E-state index in [1.54, 1.807) is 11.8 Å². The molecule has 2 heterocycles. The van der Waals surface area contributed by atoms with E-state index in [0.29, 0.717) is 18.7 Å². The van der Waals surface area contributed by atoms with Gasteiger partial charge in [-0.15, -0.1) is 0 Å². The first-order chi connectivity index (χ1) is 13.6. The van der Waals surface area contributed by atoms with Crippen LogP contribution in [0.25, 0.3) is 0 Å². The van der Waals surface area contributed by atoms with E-state index in [1.165, 1.54) is 12.1 Å². The van der Waals surface area contributed by atoms with Crippen LogP contribution in [0.3, 0.4) is 0 Å². The maximum atomic E-state index is 14.5. The zero-order chi connectivity index (χ0) is 21.2. The molecule has 1 fully saturated rings. The van der Waals surface area contributed by atoms with E-state index in [0.717, 1.165) is 25.1 Å². The standard InChI is InChI=1S/C19H17ClF4N2O3/c1-11-6-13(18(27)26-4-2-3-5-26)15(21)8-16(11)29-12-7-14(20)17(25-9-12)28-10-19(22,23)24/h6-9H,2-5,10H2,1H3. The number of alkyl halides is 3. The average molecular weight is 433 g/mol. The number of likely N-dealkylation sites (tertiary alicyclic amines) is 1. The minimum Gasteiger partial charge on any atom is -0.467 e. The zero-order valence-corrected chi connectivity index (χ0v) is 16.1. The molecular formula is C19H17ClF4N2O3. The third-order valence-corrected chi connectivity index (χ3v) is 4.54. The number of ether oxygens (including phenoxy) is 2. The molecule has 0 saturated carbocycles. The zero-order valence-electron chi connectivity index (χ0n) is 15.4. The number of amides is 1. The number of nitrogens with zero attached hydrogens (tertiary/aromatic N) is 2. The summed E-state index contributed by atoms with van der Waals surface area (Å²) in [5.74, 6) is -1.29. The third-order valence-electron chi connectivity index (χ3n) is 4.27. The SMILES string of the molecule is Cc1cc(C(=O)N2CCCC2)c(F)cc1Oc1cnc(OCC(F)(F)F)c(Cl)c1. The van der Waals surface area contributed by atoms with E-state index < -0.39 is 24.5 Å². The topological polar surface area (TPSA) is 51.7 Å². The predicted molar refractivity (Wildman–Crippen MR) is 97.1 cm³/mol. The van der Waals surface area contributed by atoms with Crippen LogP contribution in [-0.2, 0) is 0 Å². The van der Waals surface area contributed by atoms with Crippen LogP contribution in [0.2, 0.25) is 5.02 Å². The summed E-state index contributed by atoms with van der Waals surface area (Å²) >= 11 is 5.88. The van der Waals surface area contributed by atoms with E-state index in [1.807, 2.05) is 0 Å². The lowest BCUT2D eigenvalue weighted by Crippen LogP contribution is -2.28. The molecule has 1 aromatic carbocycles. The molecule has 1 amide bonds. The molecule has 1 aliphatic rings. The molecule has 0 spiro atoms. The van der Waals surface area contributed by atoms with Crippen molar-refractivity contribution in [3.63, 3.8) is 0 Å². The fraction of sp³-hybridized carbons (Fsp3) is 0.368. The highest BCUT2D eigenvalue weighted by atomic mass is 35.5. The van der Waals surface area contributed by atoms with Crippen molar-refractivity contribution in [3.05, 3.63) is 46.4 Å². The van der Waals surface area contributed by atoms with Crippen LogP contribution in [0, 0.1) is 12.7 Å². The van der Waals surface area contributed by atoms with Gasteiger partial charge in [0.2, 0.25) is 5.88 Å². The summed E-state index contributed by atoms with van der Waals surface area (Å²) in [6.45, 7) is 1.31. The molecule has 1 aromatic heterocycles. The lowest BCUT2D eigenvalue weighted by Gasteiger charge is -2.17. The number of hydrogen-bond donors (Lipinski definition) is 0. The van der Waals surface area contributed by atoms with Gasteiger partial charge in [-0.25, -0.2) is 9.37 Å². The van der Waals surface area contributed by atoms with Crippen LogP contribution in [0.1, 0.15) is 28.8 Å². The Kier molecular flexibility index (Phi) is 6.16. The highest BCUT2D eigenvalue weighted by Crippen LogP contribution is 2.32. The Morgan fingerprint density at radius 1 is 1.24 bits per heavy atom. The van der Waals surface area contributed by atoms with Crippen molar-refractivity contribution in [2.75, 3.05) is 19.7 Å². The molecular weight excluding hydrogens is 416 g/mol. The van der Waals surface area contributed by atoms with Crippen LogP contribution in [0.15, 0.2) is 24.4 Å². The third kappa shape index (κ3) is 5.29. The van der Waals surface area contributed by atoms with Gasteiger partial charge in [0.05, 0.1) is 11.8 Å². The summed E-state index contributed by atoms with van der Waals surface area (Å²) in [7, 11) is 0. The van der Waals surface area contributed by atoms with Crippen molar-refractivity contribution in [2.24, 2.45) is 0 Å². The van der Waals surface area contributed by atoms with E-state index in [9.17, 15) is 22.4 Å². The van der Waals surface area contributed by atoms with Crippen LogP contribution >= 0.6 is 11.6 Å².